The van der Waals surface area contributed by atoms with Crippen LogP contribution in [0.1, 0.15) is 30.9 Å². The Kier molecular flexibility index (Phi) is 4.34. The highest BCUT2D eigenvalue weighted by Gasteiger charge is 2.15. The van der Waals surface area contributed by atoms with Gasteiger partial charge in [-0.3, -0.25) is 4.68 Å². The van der Waals surface area contributed by atoms with Crippen molar-refractivity contribution in [3.63, 3.8) is 0 Å². The maximum atomic E-state index is 12.2. The zero-order valence-electron chi connectivity index (χ0n) is 12.4. The van der Waals surface area contributed by atoms with Gasteiger partial charge in [-0.25, -0.2) is 13.1 Å². The van der Waals surface area contributed by atoms with Gasteiger partial charge in [0.05, 0.1) is 11.1 Å². The van der Waals surface area contributed by atoms with E-state index in [0.717, 1.165) is 5.56 Å². The number of sulfonamides is 1. The molecule has 6 nitrogen and oxygen atoms in total. The lowest BCUT2D eigenvalue weighted by Crippen LogP contribution is -2.23. The van der Waals surface area contributed by atoms with Crippen LogP contribution in [0.15, 0.2) is 35.4 Å². The van der Waals surface area contributed by atoms with Crippen LogP contribution in [0.3, 0.4) is 0 Å². The SMILES string of the molecule is CC(C)c1ccc(S(=O)(=O)NCc2cnn(C)c2N)cc1. The molecule has 0 atom stereocenters. The third-order valence-electron chi connectivity index (χ3n) is 3.37. The highest BCUT2D eigenvalue weighted by Crippen LogP contribution is 2.18. The van der Waals surface area contributed by atoms with Gasteiger partial charge in [0.15, 0.2) is 0 Å². The third kappa shape index (κ3) is 3.43. The van der Waals surface area contributed by atoms with Crippen molar-refractivity contribution in [1.82, 2.24) is 14.5 Å². The Hall–Kier alpha value is -1.86. The molecule has 7 heteroatoms. The number of anilines is 1. The first-order valence-electron chi connectivity index (χ1n) is 6.67. The summed E-state index contributed by atoms with van der Waals surface area (Å²) in [6.07, 6.45) is 1.56. The lowest BCUT2D eigenvalue weighted by Gasteiger charge is -2.09. The lowest BCUT2D eigenvalue weighted by molar-refractivity contribution is 0.581. The summed E-state index contributed by atoms with van der Waals surface area (Å²) < 4.78 is 28.5. The molecule has 0 fully saturated rings. The second-order valence-electron chi connectivity index (χ2n) is 5.23. The maximum absolute atomic E-state index is 12.2. The van der Waals surface area contributed by atoms with Crippen molar-refractivity contribution in [2.45, 2.75) is 31.2 Å². The van der Waals surface area contributed by atoms with Crippen LogP contribution in [0.4, 0.5) is 5.82 Å². The molecular weight excluding hydrogens is 288 g/mol. The van der Waals surface area contributed by atoms with E-state index in [2.05, 4.69) is 23.7 Å². The van der Waals surface area contributed by atoms with E-state index in [0.29, 0.717) is 17.3 Å². The standard InChI is InChI=1S/C14H20N4O2S/c1-10(2)11-4-6-13(7-5-11)21(19,20)17-9-12-8-16-18(3)14(12)15/h4-8,10,17H,9,15H2,1-3H3. The van der Waals surface area contributed by atoms with E-state index in [4.69, 9.17) is 5.73 Å². The largest absolute Gasteiger partial charge is 0.384 e. The Morgan fingerprint density at radius 3 is 2.38 bits per heavy atom. The predicted molar refractivity (Wildman–Crippen MR) is 82.2 cm³/mol. The smallest absolute Gasteiger partial charge is 0.240 e. The topological polar surface area (TPSA) is 90.0 Å². The van der Waals surface area contributed by atoms with E-state index in [1.165, 1.54) is 4.68 Å². The van der Waals surface area contributed by atoms with Gasteiger partial charge in [0.1, 0.15) is 5.82 Å². The van der Waals surface area contributed by atoms with Crippen molar-refractivity contribution < 1.29 is 8.42 Å². The fourth-order valence-corrected chi connectivity index (χ4v) is 2.92. The molecule has 2 rings (SSSR count). The molecule has 0 amide bonds. The fourth-order valence-electron chi connectivity index (χ4n) is 1.92. The number of hydrogen-bond acceptors (Lipinski definition) is 4. The lowest BCUT2D eigenvalue weighted by atomic mass is 10.0. The second kappa shape index (κ2) is 5.87. The van der Waals surface area contributed by atoms with Crippen LogP contribution < -0.4 is 10.5 Å². The van der Waals surface area contributed by atoms with Crippen molar-refractivity contribution >= 4 is 15.8 Å². The van der Waals surface area contributed by atoms with Crippen molar-refractivity contribution in [3.05, 3.63) is 41.6 Å². The van der Waals surface area contributed by atoms with Crippen LogP contribution >= 0.6 is 0 Å². The van der Waals surface area contributed by atoms with Gasteiger partial charge < -0.3 is 5.73 Å². The van der Waals surface area contributed by atoms with Crippen LogP contribution in [-0.4, -0.2) is 18.2 Å². The highest BCUT2D eigenvalue weighted by atomic mass is 32.2. The molecule has 0 unspecified atom stereocenters. The van der Waals surface area contributed by atoms with Gasteiger partial charge in [0, 0.05) is 19.2 Å². The molecule has 0 aliphatic rings. The normalized spacial score (nSPS) is 12.0. The van der Waals surface area contributed by atoms with Gasteiger partial charge in [-0.15, -0.1) is 0 Å². The zero-order valence-corrected chi connectivity index (χ0v) is 13.2. The molecule has 21 heavy (non-hydrogen) atoms. The van der Waals surface area contributed by atoms with Crippen molar-refractivity contribution in [2.75, 3.05) is 5.73 Å². The predicted octanol–water partition coefficient (Wildman–Crippen LogP) is 1.60. The molecule has 114 valence electrons. The number of rotatable bonds is 5. The summed E-state index contributed by atoms with van der Waals surface area (Å²) in [4.78, 5) is 0.245. The molecule has 0 aliphatic heterocycles. The average Bonchev–Trinajstić information content (AvgIpc) is 2.77. The molecule has 1 aromatic heterocycles. The Balaban J connectivity index is 2.13. The van der Waals surface area contributed by atoms with E-state index in [9.17, 15) is 8.42 Å². The first-order valence-corrected chi connectivity index (χ1v) is 8.15. The summed E-state index contributed by atoms with van der Waals surface area (Å²) in [5.41, 5.74) is 7.54. The van der Waals surface area contributed by atoms with Crippen molar-refractivity contribution in [3.8, 4) is 0 Å². The summed E-state index contributed by atoms with van der Waals surface area (Å²) >= 11 is 0. The number of nitrogens with zero attached hydrogens (tertiary/aromatic N) is 2. The van der Waals surface area contributed by atoms with Gasteiger partial charge in [-0.1, -0.05) is 26.0 Å². The second-order valence-corrected chi connectivity index (χ2v) is 6.99. The van der Waals surface area contributed by atoms with E-state index >= 15 is 0 Å². The van der Waals surface area contributed by atoms with Crippen LogP contribution in [-0.2, 0) is 23.6 Å². The molecular formula is C14H20N4O2S. The number of aromatic nitrogens is 2. The van der Waals surface area contributed by atoms with Crippen molar-refractivity contribution in [2.24, 2.45) is 7.05 Å². The van der Waals surface area contributed by atoms with Gasteiger partial charge in [0.25, 0.3) is 0 Å². The first kappa shape index (κ1) is 15.5. The number of nitrogens with one attached hydrogen (secondary N) is 1. The fraction of sp³-hybridized carbons (Fsp3) is 0.357. The Bertz CT molecular complexity index is 718. The number of nitrogens with two attached hydrogens (primary N) is 1. The molecule has 0 saturated carbocycles. The van der Waals surface area contributed by atoms with E-state index in [-0.39, 0.29) is 11.4 Å². The minimum atomic E-state index is -3.55. The van der Waals surface area contributed by atoms with E-state index < -0.39 is 10.0 Å². The molecule has 0 radical (unpaired) electrons. The van der Waals surface area contributed by atoms with Gasteiger partial charge >= 0.3 is 0 Å². The molecule has 0 bridgehead atoms. The van der Waals surface area contributed by atoms with Gasteiger partial charge in [-0.2, -0.15) is 5.10 Å². The zero-order chi connectivity index (χ0) is 15.6. The van der Waals surface area contributed by atoms with E-state index in [1.54, 1.807) is 25.4 Å². The number of nitrogen functional groups attached to an aromatic ring is 1. The van der Waals surface area contributed by atoms with Crippen LogP contribution in [0.25, 0.3) is 0 Å². The molecule has 0 spiro atoms. The maximum Gasteiger partial charge on any atom is 0.240 e. The Morgan fingerprint density at radius 1 is 1.29 bits per heavy atom. The van der Waals surface area contributed by atoms with Crippen molar-refractivity contribution in [1.29, 1.82) is 0 Å². The summed E-state index contributed by atoms with van der Waals surface area (Å²) in [5, 5.41) is 3.98. The first-order chi connectivity index (χ1) is 9.81. The Morgan fingerprint density at radius 2 is 1.90 bits per heavy atom. The summed E-state index contributed by atoms with van der Waals surface area (Å²) in [6, 6.07) is 6.89. The Labute approximate surface area is 125 Å². The molecule has 0 saturated heterocycles. The minimum Gasteiger partial charge on any atom is -0.384 e. The van der Waals surface area contributed by atoms with Gasteiger partial charge in [0.2, 0.25) is 10.0 Å². The van der Waals surface area contributed by atoms with Crippen LogP contribution in [0, 0.1) is 0 Å². The van der Waals surface area contributed by atoms with E-state index in [1.807, 2.05) is 12.1 Å². The molecule has 3 N–H and O–H groups in total. The monoisotopic (exact) mass is 308 g/mol. The minimum absolute atomic E-state index is 0.119. The third-order valence-corrected chi connectivity index (χ3v) is 4.79. The van der Waals surface area contributed by atoms with Crippen LogP contribution in [0.2, 0.25) is 0 Å². The average molecular weight is 308 g/mol. The molecule has 2 aromatic rings. The highest BCUT2D eigenvalue weighted by molar-refractivity contribution is 7.89. The molecule has 0 aliphatic carbocycles. The molecule has 1 heterocycles. The summed E-state index contributed by atoms with van der Waals surface area (Å²) in [5.74, 6) is 0.817. The number of hydrogen-bond donors (Lipinski definition) is 2. The van der Waals surface area contributed by atoms with Crippen LogP contribution in [0.5, 0.6) is 0 Å². The summed E-state index contributed by atoms with van der Waals surface area (Å²) in [6.45, 7) is 4.24. The number of benzene rings is 1. The quantitative estimate of drug-likeness (QED) is 0.878. The number of aryl methyl sites for hydroxylation is 1. The molecule has 1 aromatic carbocycles. The summed E-state index contributed by atoms with van der Waals surface area (Å²) in [7, 11) is -1.84. The van der Waals surface area contributed by atoms with Gasteiger partial charge in [-0.05, 0) is 23.6 Å².